The Kier molecular flexibility index (Phi) is 5.27. The molecule has 26 heavy (non-hydrogen) atoms. The van der Waals surface area contributed by atoms with Crippen LogP contribution in [0.1, 0.15) is 18.1 Å². The summed E-state index contributed by atoms with van der Waals surface area (Å²) in [4.78, 5) is 12.4. The van der Waals surface area contributed by atoms with Crippen molar-refractivity contribution in [1.82, 2.24) is 10.2 Å². The lowest BCUT2D eigenvalue weighted by molar-refractivity contribution is -0.115. The molecule has 7 heteroatoms. The lowest BCUT2D eigenvalue weighted by atomic mass is 10.1. The monoisotopic (exact) mass is 369 g/mol. The van der Waals surface area contributed by atoms with Gasteiger partial charge in [-0.05, 0) is 62.2 Å². The summed E-state index contributed by atoms with van der Waals surface area (Å²) in [6, 6.07) is 12.4. The number of amides is 1. The van der Waals surface area contributed by atoms with Gasteiger partial charge in [0.2, 0.25) is 11.8 Å². The van der Waals surface area contributed by atoms with Crippen LogP contribution in [0.15, 0.2) is 52.1 Å². The van der Waals surface area contributed by atoms with Gasteiger partial charge in [-0.2, -0.15) is 0 Å². The third-order valence-corrected chi connectivity index (χ3v) is 4.86. The molecule has 2 aromatic carbocycles. The lowest BCUT2D eigenvalue weighted by Crippen LogP contribution is -2.22. The summed E-state index contributed by atoms with van der Waals surface area (Å²) in [6.45, 7) is 5.81. The van der Waals surface area contributed by atoms with Crippen LogP contribution < -0.4 is 5.32 Å². The highest BCUT2D eigenvalue weighted by molar-refractivity contribution is 8.00. The molecule has 1 unspecified atom stereocenters. The number of thioether (sulfide) groups is 1. The zero-order valence-corrected chi connectivity index (χ0v) is 15.5. The Hall–Kier alpha value is -2.80. The molecule has 0 saturated heterocycles. The van der Waals surface area contributed by atoms with Crippen molar-refractivity contribution >= 4 is 23.4 Å². The van der Waals surface area contributed by atoms with Crippen molar-refractivity contribution in [3.8, 4) is 17.2 Å². The molecule has 1 amide bonds. The second kappa shape index (κ2) is 7.61. The molecule has 0 aliphatic heterocycles. The van der Waals surface area contributed by atoms with E-state index in [4.69, 9.17) is 4.42 Å². The Morgan fingerprint density at radius 3 is 2.69 bits per heavy atom. The number of aromatic hydroxyl groups is 1. The molecule has 0 fully saturated rings. The molecule has 1 aromatic heterocycles. The van der Waals surface area contributed by atoms with E-state index in [9.17, 15) is 9.90 Å². The molecule has 134 valence electrons. The number of aromatic nitrogens is 2. The van der Waals surface area contributed by atoms with Gasteiger partial charge in [0.05, 0.1) is 5.25 Å². The Balaban J connectivity index is 1.65. The third kappa shape index (κ3) is 4.23. The summed E-state index contributed by atoms with van der Waals surface area (Å²) >= 11 is 1.18. The van der Waals surface area contributed by atoms with Gasteiger partial charge in [0.25, 0.3) is 5.22 Å². The van der Waals surface area contributed by atoms with Crippen LogP contribution >= 0.6 is 11.8 Å². The maximum atomic E-state index is 12.4. The Morgan fingerprint density at radius 1 is 1.15 bits per heavy atom. The molecule has 1 atom stereocenters. The maximum Gasteiger partial charge on any atom is 0.277 e. The number of carbonyl (C=O) groups is 1. The van der Waals surface area contributed by atoms with Gasteiger partial charge in [0.15, 0.2) is 0 Å². The molecule has 0 bridgehead atoms. The number of phenolic OH excluding ortho intramolecular Hbond substituents is 1. The highest BCUT2D eigenvalue weighted by Gasteiger charge is 2.19. The summed E-state index contributed by atoms with van der Waals surface area (Å²) in [5, 5.41) is 20.2. The Labute approximate surface area is 155 Å². The molecule has 0 radical (unpaired) electrons. The minimum Gasteiger partial charge on any atom is -0.508 e. The molecule has 2 N–H and O–H groups in total. The zero-order chi connectivity index (χ0) is 18.7. The summed E-state index contributed by atoms with van der Waals surface area (Å²) < 4.78 is 5.58. The molecular weight excluding hydrogens is 350 g/mol. The second-order valence-corrected chi connectivity index (χ2v) is 7.26. The lowest BCUT2D eigenvalue weighted by Gasteiger charge is -2.11. The number of hydrogen-bond donors (Lipinski definition) is 2. The van der Waals surface area contributed by atoms with Gasteiger partial charge in [0.1, 0.15) is 5.75 Å². The van der Waals surface area contributed by atoms with E-state index in [-0.39, 0.29) is 11.7 Å². The van der Waals surface area contributed by atoms with Crippen LogP contribution in [0.3, 0.4) is 0 Å². The largest absolute Gasteiger partial charge is 0.508 e. The standard InChI is InChI=1S/C19H19N3O3S/c1-11-7-8-15(9-12(11)2)20-17(24)13(3)26-19-22-21-18(25-19)14-5-4-6-16(23)10-14/h4-10,13,23H,1-3H3,(H,20,24). The van der Waals surface area contributed by atoms with Crippen LogP contribution in [0, 0.1) is 13.8 Å². The van der Waals surface area contributed by atoms with Gasteiger partial charge in [-0.3, -0.25) is 4.79 Å². The Bertz CT molecular complexity index is 939. The molecule has 0 saturated carbocycles. The van der Waals surface area contributed by atoms with Crippen LogP contribution in [-0.2, 0) is 4.79 Å². The van der Waals surface area contributed by atoms with E-state index in [0.717, 1.165) is 11.3 Å². The number of nitrogens with one attached hydrogen (secondary N) is 1. The van der Waals surface area contributed by atoms with Crippen LogP contribution in [0.4, 0.5) is 5.69 Å². The van der Waals surface area contributed by atoms with Crippen LogP contribution in [0.25, 0.3) is 11.5 Å². The molecule has 3 rings (SSSR count). The maximum absolute atomic E-state index is 12.4. The van der Waals surface area contributed by atoms with Crippen molar-refractivity contribution in [2.75, 3.05) is 5.32 Å². The average molecular weight is 369 g/mol. The SMILES string of the molecule is Cc1ccc(NC(=O)C(C)Sc2nnc(-c3cccc(O)c3)o2)cc1C. The number of hydrogen-bond acceptors (Lipinski definition) is 6. The predicted molar refractivity (Wildman–Crippen MR) is 101 cm³/mol. The van der Waals surface area contributed by atoms with Crippen LogP contribution in [0.5, 0.6) is 5.75 Å². The highest BCUT2D eigenvalue weighted by Crippen LogP contribution is 2.28. The number of nitrogens with zero attached hydrogens (tertiary/aromatic N) is 2. The van der Waals surface area contributed by atoms with Crippen molar-refractivity contribution in [3.63, 3.8) is 0 Å². The smallest absolute Gasteiger partial charge is 0.277 e. The van der Waals surface area contributed by atoms with Crippen molar-refractivity contribution in [3.05, 3.63) is 53.6 Å². The molecule has 3 aromatic rings. The number of phenols is 1. The van der Waals surface area contributed by atoms with Crippen molar-refractivity contribution in [1.29, 1.82) is 0 Å². The highest BCUT2D eigenvalue weighted by atomic mass is 32.2. The topological polar surface area (TPSA) is 88.2 Å². The molecule has 6 nitrogen and oxygen atoms in total. The first-order valence-corrected chi connectivity index (χ1v) is 8.98. The van der Waals surface area contributed by atoms with Crippen LogP contribution in [-0.4, -0.2) is 26.5 Å². The predicted octanol–water partition coefficient (Wildman–Crippen LogP) is 4.18. The fraction of sp³-hybridized carbons (Fsp3) is 0.211. The van der Waals surface area contributed by atoms with Crippen molar-refractivity contribution in [2.24, 2.45) is 0 Å². The molecular formula is C19H19N3O3S. The normalized spacial score (nSPS) is 12.0. The van der Waals surface area contributed by atoms with E-state index < -0.39 is 5.25 Å². The zero-order valence-electron chi connectivity index (χ0n) is 14.7. The van der Waals surface area contributed by atoms with E-state index >= 15 is 0 Å². The second-order valence-electron chi connectivity index (χ2n) is 5.97. The van der Waals surface area contributed by atoms with E-state index in [0.29, 0.717) is 16.7 Å². The number of aryl methyl sites for hydroxylation is 2. The van der Waals surface area contributed by atoms with E-state index in [1.165, 1.54) is 23.4 Å². The van der Waals surface area contributed by atoms with Crippen molar-refractivity contribution in [2.45, 2.75) is 31.2 Å². The minimum atomic E-state index is -0.408. The van der Waals surface area contributed by atoms with Gasteiger partial charge in [-0.25, -0.2) is 0 Å². The number of carbonyl (C=O) groups excluding carboxylic acids is 1. The number of rotatable bonds is 5. The first-order chi connectivity index (χ1) is 12.4. The first-order valence-electron chi connectivity index (χ1n) is 8.10. The number of anilines is 1. The summed E-state index contributed by atoms with van der Waals surface area (Å²) in [6.07, 6.45) is 0. The Morgan fingerprint density at radius 2 is 1.96 bits per heavy atom. The summed E-state index contributed by atoms with van der Waals surface area (Å²) in [5.41, 5.74) is 3.68. The number of benzene rings is 2. The quantitative estimate of drug-likeness (QED) is 0.656. The average Bonchev–Trinajstić information content (AvgIpc) is 3.06. The minimum absolute atomic E-state index is 0.121. The van der Waals surface area contributed by atoms with E-state index in [2.05, 4.69) is 15.5 Å². The van der Waals surface area contributed by atoms with Crippen LogP contribution in [0.2, 0.25) is 0 Å². The van der Waals surface area contributed by atoms with Crippen molar-refractivity contribution < 1.29 is 14.3 Å². The van der Waals surface area contributed by atoms with Gasteiger partial charge in [-0.15, -0.1) is 10.2 Å². The molecule has 1 heterocycles. The van der Waals surface area contributed by atoms with E-state index in [1.54, 1.807) is 25.1 Å². The van der Waals surface area contributed by atoms with Gasteiger partial charge >= 0.3 is 0 Å². The van der Waals surface area contributed by atoms with E-state index in [1.807, 2.05) is 32.0 Å². The fourth-order valence-electron chi connectivity index (χ4n) is 2.28. The molecule has 0 aliphatic carbocycles. The fourth-order valence-corrected chi connectivity index (χ4v) is 2.96. The van der Waals surface area contributed by atoms with Gasteiger partial charge in [0, 0.05) is 11.3 Å². The first kappa shape index (κ1) is 18.0. The summed E-state index contributed by atoms with van der Waals surface area (Å²) in [7, 11) is 0. The molecule has 0 spiro atoms. The molecule has 0 aliphatic rings. The summed E-state index contributed by atoms with van der Waals surface area (Å²) in [5.74, 6) is 0.275. The van der Waals surface area contributed by atoms with Gasteiger partial charge < -0.3 is 14.8 Å². The van der Waals surface area contributed by atoms with Gasteiger partial charge in [-0.1, -0.05) is 23.9 Å². The third-order valence-electron chi connectivity index (χ3n) is 3.92.